The molecular weight excluding hydrogens is 568 g/mol. The maximum Gasteiger partial charge on any atom is 0.281 e. The van der Waals surface area contributed by atoms with Crippen molar-refractivity contribution in [1.29, 1.82) is 0 Å². The third-order valence-corrected chi connectivity index (χ3v) is 9.35. The molecule has 1 saturated carbocycles. The second-order valence-corrected chi connectivity index (χ2v) is 12.2. The van der Waals surface area contributed by atoms with Gasteiger partial charge in [-0.05, 0) is 35.4 Å². The van der Waals surface area contributed by atoms with E-state index in [-0.39, 0.29) is 17.7 Å². The van der Waals surface area contributed by atoms with Gasteiger partial charge in [-0.25, -0.2) is 9.97 Å². The highest BCUT2D eigenvalue weighted by molar-refractivity contribution is 5.69. The lowest BCUT2D eigenvalue weighted by atomic mass is 9.80. The molecule has 9 nitrogen and oxygen atoms in total. The molecule has 2 aliphatic rings. The van der Waals surface area contributed by atoms with Gasteiger partial charge in [0.15, 0.2) is 17.4 Å². The van der Waals surface area contributed by atoms with Crippen LogP contribution in [0.2, 0.25) is 0 Å². The first-order chi connectivity index (χ1) is 22.1. The van der Waals surface area contributed by atoms with Crippen LogP contribution in [0.3, 0.4) is 0 Å². The molecule has 4 atom stereocenters. The number of fused-ring (bicyclic) bond motifs is 1. The summed E-state index contributed by atoms with van der Waals surface area (Å²) < 4.78 is 16.3. The lowest BCUT2D eigenvalue weighted by Gasteiger charge is -2.37. The van der Waals surface area contributed by atoms with Crippen molar-refractivity contribution < 1.29 is 19.7 Å². The molecule has 232 valence electrons. The molecule has 0 amide bonds. The Bertz CT molecular complexity index is 1670. The first-order valence-electron chi connectivity index (χ1n) is 15.8. The molecule has 1 aliphatic heterocycles. The average molecular weight is 607 g/mol. The third kappa shape index (κ3) is 5.50. The molecule has 45 heavy (non-hydrogen) atoms. The number of ether oxygens (including phenoxy) is 2. The predicted octanol–water partition coefficient (Wildman–Crippen LogP) is 4.80. The Hall–Kier alpha value is -4.15. The molecule has 4 unspecified atom stereocenters. The number of imidazole rings is 1. The van der Waals surface area contributed by atoms with Crippen molar-refractivity contribution in [2.24, 2.45) is 5.92 Å². The fraction of sp³-hybridized carbons (Fsp3) is 0.361. The molecule has 0 radical (unpaired) electrons. The number of aromatic nitrogens is 4. The summed E-state index contributed by atoms with van der Waals surface area (Å²) in [5.74, 6) is 0.462. The zero-order chi connectivity index (χ0) is 30.8. The van der Waals surface area contributed by atoms with E-state index in [9.17, 15) is 15.0 Å². The van der Waals surface area contributed by atoms with Crippen LogP contribution in [0.15, 0.2) is 108 Å². The van der Waals surface area contributed by atoms with Crippen molar-refractivity contribution in [3.63, 3.8) is 0 Å². The number of hydrogen-bond donors (Lipinski definition) is 2. The summed E-state index contributed by atoms with van der Waals surface area (Å²) in [4.78, 5) is 22.3. The number of hydrogen-bond acceptors (Lipinski definition) is 7. The summed E-state index contributed by atoms with van der Waals surface area (Å²) in [5, 5.41) is 22.4. The number of rotatable bonds is 9. The van der Waals surface area contributed by atoms with Crippen molar-refractivity contribution in [2.45, 2.75) is 68.8 Å². The first kappa shape index (κ1) is 29.6. The zero-order valence-electron chi connectivity index (χ0n) is 25.1. The van der Waals surface area contributed by atoms with E-state index in [0.29, 0.717) is 18.1 Å². The van der Waals surface area contributed by atoms with Gasteiger partial charge in [0.25, 0.3) is 5.56 Å². The fourth-order valence-corrected chi connectivity index (χ4v) is 6.98. The summed E-state index contributed by atoms with van der Waals surface area (Å²) in [6.45, 7) is 0.600. The van der Waals surface area contributed by atoms with Gasteiger partial charge < -0.3 is 19.7 Å². The number of aliphatic hydroxyl groups excluding tert-OH is 2. The molecule has 2 N–H and O–H groups in total. The number of nitrogens with zero attached hydrogens (tertiary/aromatic N) is 4. The van der Waals surface area contributed by atoms with Crippen molar-refractivity contribution in [3.8, 4) is 0 Å². The summed E-state index contributed by atoms with van der Waals surface area (Å²) in [7, 11) is 0. The van der Waals surface area contributed by atoms with Gasteiger partial charge in [-0.15, -0.1) is 0 Å². The van der Waals surface area contributed by atoms with Gasteiger partial charge >= 0.3 is 0 Å². The Kier molecular flexibility index (Phi) is 8.33. The monoisotopic (exact) mass is 606 g/mol. The van der Waals surface area contributed by atoms with Crippen LogP contribution in [0.1, 0.15) is 55.0 Å². The van der Waals surface area contributed by atoms with Crippen LogP contribution in [-0.2, 0) is 21.6 Å². The smallest absolute Gasteiger partial charge is 0.281 e. The Morgan fingerprint density at radius 3 is 1.93 bits per heavy atom. The Morgan fingerprint density at radius 2 is 1.36 bits per heavy atom. The minimum atomic E-state index is -1.29. The SMILES string of the molecule is O=c1c2ncn(C3OC(COC(c4ccccc4)(c4ccccc4)c4ccccc4)C(O)C3O)c2ncn1CC1CCCCC1. The van der Waals surface area contributed by atoms with Crippen LogP contribution < -0.4 is 5.56 Å². The van der Waals surface area contributed by atoms with E-state index in [2.05, 4.69) is 9.97 Å². The van der Waals surface area contributed by atoms with Gasteiger partial charge in [-0.3, -0.25) is 13.9 Å². The minimum Gasteiger partial charge on any atom is -0.387 e. The zero-order valence-corrected chi connectivity index (χ0v) is 25.1. The second-order valence-electron chi connectivity index (χ2n) is 12.2. The minimum absolute atomic E-state index is 0.0261. The van der Waals surface area contributed by atoms with E-state index >= 15 is 0 Å². The highest BCUT2D eigenvalue weighted by atomic mass is 16.6. The second kappa shape index (κ2) is 12.7. The molecule has 0 bridgehead atoms. The van der Waals surface area contributed by atoms with E-state index in [1.54, 1.807) is 10.9 Å². The van der Waals surface area contributed by atoms with Crippen LogP contribution in [-0.4, -0.2) is 54.2 Å². The van der Waals surface area contributed by atoms with Crippen molar-refractivity contribution in [1.82, 2.24) is 19.1 Å². The van der Waals surface area contributed by atoms with E-state index < -0.39 is 30.1 Å². The average Bonchev–Trinajstić information content (AvgIpc) is 3.65. The quantitative estimate of drug-likeness (QED) is 0.232. The first-order valence-corrected chi connectivity index (χ1v) is 15.8. The molecule has 0 spiro atoms. The molecule has 3 aromatic carbocycles. The summed E-state index contributed by atoms with van der Waals surface area (Å²) >= 11 is 0. The van der Waals surface area contributed by atoms with Crippen LogP contribution in [0, 0.1) is 5.92 Å². The molecule has 2 fully saturated rings. The van der Waals surface area contributed by atoms with E-state index in [1.165, 1.54) is 30.2 Å². The topological polar surface area (TPSA) is 112 Å². The largest absolute Gasteiger partial charge is 0.387 e. The van der Waals surface area contributed by atoms with Crippen LogP contribution >= 0.6 is 0 Å². The van der Waals surface area contributed by atoms with Crippen molar-refractivity contribution >= 4 is 11.2 Å². The van der Waals surface area contributed by atoms with E-state index in [0.717, 1.165) is 29.5 Å². The van der Waals surface area contributed by atoms with Crippen molar-refractivity contribution in [3.05, 3.63) is 131 Å². The predicted molar refractivity (Wildman–Crippen MR) is 169 cm³/mol. The number of benzene rings is 3. The fourth-order valence-electron chi connectivity index (χ4n) is 6.98. The van der Waals surface area contributed by atoms with Gasteiger partial charge in [0.1, 0.15) is 30.2 Å². The van der Waals surface area contributed by atoms with Crippen molar-refractivity contribution in [2.75, 3.05) is 6.61 Å². The molecule has 5 aromatic rings. The highest BCUT2D eigenvalue weighted by Crippen LogP contribution is 2.42. The third-order valence-electron chi connectivity index (χ3n) is 9.35. The van der Waals surface area contributed by atoms with Gasteiger partial charge in [0.05, 0.1) is 12.9 Å². The molecule has 1 aliphatic carbocycles. The molecule has 1 saturated heterocycles. The summed E-state index contributed by atoms with van der Waals surface area (Å²) in [5.41, 5.74) is 2.06. The van der Waals surface area contributed by atoms with Gasteiger partial charge in [-0.1, -0.05) is 110 Å². The van der Waals surface area contributed by atoms with E-state index in [1.807, 2.05) is 91.0 Å². The molecule has 3 heterocycles. The highest BCUT2D eigenvalue weighted by Gasteiger charge is 2.47. The molecule has 2 aromatic heterocycles. The molecule has 7 rings (SSSR count). The van der Waals surface area contributed by atoms with E-state index in [4.69, 9.17) is 9.47 Å². The lowest BCUT2D eigenvalue weighted by molar-refractivity contribution is -0.0942. The standard InChI is InChI=1S/C36H38N4O5/c41-31-29(22-44-36(26-15-7-2-8-16-26,27-17-9-3-10-18-27)28-19-11-4-12-20-28)45-35(32(31)42)40-24-37-30-33(40)38-23-39(34(30)43)21-25-13-5-1-6-14-25/h2-4,7-12,15-20,23-25,29,31-32,35,41-42H,1,5-6,13-14,21-22H2. The Balaban J connectivity index is 1.17. The maximum atomic E-state index is 13.3. The summed E-state index contributed by atoms with van der Waals surface area (Å²) in [6.07, 6.45) is 4.46. The lowest BCUT2D eigenvalue weighted by Crippen LogP contribution is -2.39. The Labute approximate surface area is 261 Å². The maximum absolute atomic E-state index is 13.3. The molecular formula is C36H38N4O5. The molecule has 9 heteroatoms. The Morgan fingerprint density at radius 1 is 0.778 bits per heavy atom. The van der Waals surface area contributed by atoms with Gasteiger partial charge in [0.2, 0.25) is 0 Å². The van der Waals surface area contributed by atoms with Gasteiger partial charge in [0, 0.05) is 6.54 Å². The summed E-state index contributed by atoms with van der Waals surface area (Å²) in [6, 6.07) is 29.9. The van der Waals surface area contributed by atoms with Crippen LogP contribution in [0.4, 0.5) is 0 Å². The number of aliphatic hydroxyl groups is 2. The van der Waals surface area contributed by atoms with Gasteiger partial charge in [-0.2, -0.15) is 0 Å². The van der Waals surface area contributed by atoms with Crippen LogP contribution in [0.25, 0.3) is 11.2 Å². The van der Waals surface area contributed by atoms with Crippen LogP contribution in [0.5, 0.6) is 0 Å². The normalized spacial score (nSPS) is 22.6.